The van der Waals surface area contributed by atoms with Crippen LogP contribution in [0.4, 0.5) is 26.1 Å². The van der Waals surface area contributed by atoms with Gasteiger partial charge in [0.2, 0.25) is 5.95 Å². The number of benzene rings is 3. The Morgan fingerprint density at radius 3 is 2.59 bits per heavy atom. The van der Waals surface area contributed by atoms with Gasteiger partial charge in [-0.2, -0.15) is 5.10 Å². The van der Waals surface area contributed by atoms with Crippen LogP contribution in [0, 0.1) is 11.6 Å². The second-order valence-electron chi connectivity index (χ2n) is 9.29. The Bertz CT molecular complexity index is 1780. The predicted octanol–water partition coefficient (Wildman–Crippen LogP) is 6.71. The third-order valence-electron chi connectivity index (χ3n) is 6.63. The molecule has 0 atom stereocenters. The zero-order valence-electron chi connectivity index (χ0n) is 21.9. The molecule has 0 bridgehead atoms. The molecule has 1 amide bonds. The van der Waals surface area contributed by atoms with E-state index in [9.17, 15) is 13.6 Å². The molecule has 1 aliphatic rings. The highest BCUT2D eigenvalue weighted by Gasteiger charge is 2.23. The molecule has 5 aromatic rings. The SMILES string of the molecule is COc1cccc(Nc2nccc(-c3c(-c4cccc(NC(=O)c5c(F)cccc5F)c4)nn4c3CCC=C4)n2)c1. The number of carbonyl (C=O) groups is 1. The summed E-state index contributed by atoms with van der Waals surface area (Å²) in [4.78, 5) is 21.9. The van der Waals surface area contributed by atoms with E-state index in [2.05, 4.69) is 15.6 Å². The van der Waals surface area contributed by atoms with Gasteiger partial charge in [0.15, 0.2) is 0 Å². The van der Waals surface area contributed by atoms with Gasteiger partial charge in [-0.1, -0.05) is 30.3 Å². The number of nitrogens with zero attached hydrogens (tertiary/aromatic N) is 4. The van der Waals surface area contributed by atoms with Gasteiger partial charge in [0.05, 0.1) is 24.1 Å². The summed E-state index contributed by atoms with van der Waals surface area (Å²) in [7, 11) is 1.61. The van der Waals surface area contributed by atoms with E-state index in [4.69, 9.17) is 14.8 Å². The molecule has 2 aromatic heterocycles. The summed E-state index contributed by atoms with van der Waals surface area (Å²) in [6.07, 6.45) is 7.24. The molecule has 3 aromatic carbocycles. The van der Waals surface area contributed by atoms with Crippen LogP contribution < -0.4 is 15.4 Å². The van der Waals surface area contributed by atoms with Crippen LogP contribution in [-0.4, -0.2) is 32.8 Å². The van der Waals surface area contributed by atoms with Crippen LogP contribution in [0.3, 0.4) is 0 Å². The number of aromatic nitrogens is 4. The van der Waals surface area contributed by atoms with Crippen molar-refractivity contribution in [3.8, 4) is 28.3 Å². The molecule has 2 N–H and O–H groups in total. The lowest BCUT2D eigenvalue weighted by Gasteiger charge is -2.12. The monoisotopic (exact) mass is 550 g/mol. The number of halogens is 2. The van der Waals surface area contributed by atoms with Gasteiger partial charge in [0.1, 0.15) is 28.6 Å². The van der Waals surface area contributed by atoms with Crippen molar-refractivity contribution in [1.82, 2.24) is 19.7 Å². The minimum atomic E-state index is -0.934. The van der Waals surface area contributed by atoms with E-state index in [1.165, 1.54) is 6.07 Å². The number of allylic oxidation sites excluding steroid dienone is 1. The van der Waals surface area contributed by atoms with Gasteiger partial charge in [0.25, 0.3) is 5.91 Å². The first-order valence-electron chi connectivity index (χ1n) is 12.9. The molecule has 204 valence electrons. The summed E-state index contributed by atoms with van der Waals surface area (Å²) < 4.78 is 35.5. The summed E-state index contributed by atoms with van der Waals surface area (Å²) >= 11 is 0. The number of rotatable bonds is 7. The number of carbonyl (C=O) groups excluding carboxylic acids is 1. The quantitative estimate of drug-likeness (QED) is 0.234. The largest absolute Gasteiger partial charge is 0.497 e. The lowest BCUT2D eigenvalue weighted by atomic mass is 9.99. The van der Waals surface area contributed by atoms with Crippen LogP contribution in [0.5, 0.6) is 5.75 Å². The molecule has 6 rings (SSSR count). The predicted molar refractivity (Wildman–Crippen MR) is 153 cm³/mol. The summed E-state index contributed by atoms with van der Waals surface area (Å²) in [5.74, 6) is -1.64. The number of anilines is 3. The lowest BCUT2D eigenvalue weighted by Crippen LogP contribution is -2.15. The fourth-order valence-corrected chi connectivity index (χ4v) is 4.74. The summed E-state index contributed by atoms with van der Waals surface area (Å²) in [6.45, 7) is 0. The number of hydrogen-bond donors (Lipinski definition) is 2. The van der Waals surface area contributed by atoms with E-state index in [1.54, 1.807) is 31.5 Å². The van der Waals surface area contributed by atoms with E-state index >= 15 is 0 Å². The highest BCUT2D eigenvalue weighted by atomic mass is 19.1. The van der Waals surface area contributed by atoms with E-state index in [0.29, 0.717) is 34.3 Å². The Labute approximate surface area is 234 Å². The van der Waals surface area contributed by atoms with Crippen LogP contribution in [0.1, 0.15) is 22.5 Å². The van der Waals surface area contributed by atoms with Gasteiger partial charge < -0.3 is 15.4 Å². The molecule has 0 saturated carbocycles. The van der Waals surface area contributed by atoms with Gasteiger partial charge in [-0.3, -0.25) is 4.79 Å². The molecule has 1 aliphatic heterocycles. The van der Waals surface area contributed by atoms with Crippen molar-refractivity contribution in [2.45, 2.75) is 12.8 Å². The van der Waals surface area contributed by atoms with Crippen molar-refractivity contribution in [2.24, 2.45) is 0 Å². The van der Waals surface area contributed by atoms with Gasteiger partial charge in [0, 0.05) is 35.4 Å². The molecular weight excluding hydrogens is 526 g/mol. The average molecular weight is 551 g/mol. The van der Waals surface area contributed by atoms with Gasteiger partial charge in [-0.25, -0.2) is 23.4 Å². The first-order valence-corrected chi connectivity index (χ1v) is 12.9. The lowest BCUT2D eigenvalue weighted by molar-refractivity contribution is 0.101. The Balaban J connectivity index is 1.37. The summed E-state index contributed by atoms with van der Waals surface area (Å²) in [5.41, 5.74) is 4.32. The maximum Gasteiger partial charge on any atom is 0.261 e. The van der Waals surface area contributed by atoms with E-state index < -0.39 is 23.1 Å². The third kappa shape index (κ3) is 5.27. The van der Waals surface area contributed by atoms with Crippen molar-refractivity contribution in [3.63, 3.8) is 0 Å². The number of ether oxygens (including phenoxy) is 1. The standard InChI is InChI=1S/C31H24F2N6O2/c1-41-22-10-5-9-21(18-22)36-31-34-15-14-25(37-31)28-26-13-2-3-16-39(26)38-29(28)19-7-4-8-20(17-19)35-30(40)27-23(32)11-6-12-24(27)33/h3-12,14-18H,2,13H2,1H3,(H,35,40)(H,34,36,37). The highest BCUT2D eigenvalue weighted by molar-refractivity contribution is 6.05. The van der Waals surface area contributed by atoms with Crippen LogP contribution in [-0.2, 0) is 6.42 Å². The van der Waals surface area contributed by atoms with Crippen molar-refractivity contribution in [1.29, 1.82) is 0 Å². The molecule has 0 unspecified atom stereocenters. The minimum Gasteiger partial charge on any atom is -0.497 e. The number of fused-ring (bicyclic) bond motifs is 1. The van der Waals surface area contributed by atoms with Crippen LogP contribution >= 0.6 is 0 Å². The average Bonchev–Trinajstić information content (AvgIpc) is 3.37. The first kappa shape index (κ1) is 25.9. The van der Waals surface area contributed by atoms with Gasteiger partial charge in [-0.05, 0) is 55.3 Å². The Kier molecular flexibility index (Phi) is 6.95. The zero-order chi connectivity index (χ0) is 28.3. The third-order valence-corrected chi connectivity index (χ3v) is 6.63. The van der Waals surface area contributed by atoms with Crippen molar-refractivity contribution in [2.75, 3.05) is 17.7 Å². The summed E-state index contributed by atoms with van der Waals surface area (Å²) in [6, 6.07) is 19.6. The number of nitrogens with one attached hydrogen (secondary N) is 2. The zero-order valence-corrected chi connectivity index (χ0v) is 21.9. The fourth-order valence-electron chi connectivity index (χ4n) is 4.74. The Hall–Kier alpha value is -5.38. The van der Waals surface area contributed by atoms with Crippen LogP contribution in [0.25, 0.3) is 28.7 Å². The number of methoxy groups -OCH3 is 1. The van der Waals surface area contributed by atoms with Crippen molar-refractivity contribution >= 4 is 29.4 Å². The minimum absolute atomic E-state index is 0.366. The van der Waals surface area contributed by atoms with Crippen LogP contribution in [0.2, 0.25) is 0 Å². The smallest absolute Gasteiger partial charge is 0.261 e. The molecule has 3 heterocycles. The molecule has 10 heteroatoms. The van der Waals surface area contributed by atoms with Crippen molar-refractivity contribution < 1.29 is 18.3 Å². The number of hydrogen-bond acceptors (Lipinski definition) is 6. The normalized spacial score (nSPS) is 12.1. The van der Waals surface area contributed by atoms with E-state index in [1.807, 2.05) is 53.4 Å². The second-order valence-corrected chi connectivity index (χ2v) is 9.29. The van der Waals surface area contributed by atoms with E-state index in [0.717, 1.165) is 41.9 Å². The van der Waals surface area contributed by atoms with Crippen LogP contribution in [0.15, 0.2) is 85.1 Å². The maximum atomic E-state index is 14.2. The highest BCUT2D eigenvalue weighted by Crippen LogP contribution is 2.37. The molecule has 0 aliphatic carbocycles. The second kappa shape index (κ2) is 11.0. The molecule has 0 fully saturated rings. The topological polar surface area (TPSA) is 94.0 Å². The first-order chi connectivity index (χ1) is 20.0. The maximum absolute atomic E-state index is 14.2. The van der Waals surface area contributed by atoms with E-state index in [-0.39, 0.29) is 0 Å². The number of amides is 1. The van der Waals surface area contributed by atoms with Gasteiger partial charge >= 0.3 is 0 Å². The Morgan fingerprint density at radius 2 is 1.76 bits per heavy atom. The van der Waals surface area contributed by atoms with Crippen molar-refractivity contribution in [3.05, 3.63) is 108 Å². The molecule has 0 radical (unpaired) electrons. The molecule has 0 spiro atoms. The summed E-state index contributed by atoms with van der Waals surface area (Å²) in [5, 5.41) is 10.7. The van der Waals surface area contributed by atoms with Gasteiger partial charge in [-0.15, -0.1) is 0 Å². The molecule has 0 saturated heterocycles. The molecule has 41 heavy (non-hydrogen) atoms. The Morgan fingerprint density at radius 1 is 0.976 bits per heavy atom. The molecular formula is C31H24F2N6O2. The molecule has 8 nitrogen and oxygen atoms in total. The fraction of sp³-hybridized carbons (Fsp3) is 0.0968.